The molecule has 2 amide bonds. The van der Waals surface area contributed by atoms with Gasteiger partial charge in [-0.1, -0.05) is 95.1 Å². The van der Waals surface area contributed by atoms with E-state index in [1.807, 2.05) is 68.4 Å². The molecule has 0 aromatic heterocycles. The van der Waals surface area contributed by atoms with Gasteiger partial charge in [-0.15, -0.1) is 11.8 Å². The first-order valence-electron chi connectivity index (χ1n) is 12.4. The van der Waals surface area contributed by atoms with Crippen LogP contribution in [0.3, 0.4) is 0 Å². The average Bonchev–Trinajstić information content (AvgIpc) is 2.88. The van der Waals surface area contributed by atoms with Crippen molar-refractivity contribution in [2.45, 2.75) is 58.0 Å². The molecule has 2 atom stereocenters. The van der Waals surface area contributed by atoms with E-state index in [4.69, 9.17) is 0 Å². The molecule has 0 aliphatic carbocycles. The summed E-state index contributed by atoms with van der Waals surface area (Å²) < 4.78 is 0.980. The van der Waals surface area contributed by atoms with Crippen LogP contribution >= 0.6 is 27.7 Å². The standard InChI is InChI=1S/C30H35BrN2O2S/c1-4-23(3)32-30(35)28(18-24-8-6-5-7-9-24)33(19-25-14-16-27(31)17-15-25)29(34)21-36-20-26-12-10-22(2)11-13-26/h5-17,23,28H,4,18-21H2,1-3H3,(H,32,35). The van der Waals surface area contributed by atoms with Crippen LogP contribution in [0.2, 0.25) is 0 Å². The Labute approximate surface area is 228 Å². The van der Waals surface area contributed by atoms with Gasteiger partial charge in [-0.2, -0.15) is 0 Å². The number of benzene rings is 3. The van der Waals surface area contributed by atoms with Crippen molar-refractivity contribution in [1.29, 1.82) is 0 Å². The minimum Gasteiger partial charge on any atom is -0.352 e. The van der Waals surface area contributed by atoms with Crippen LogP contribution in [0.25, 0.3) is 0 Å². The number of hydrogen-bond donors (Lipinski definition) is 1. The van der Waals surface area contributed by atoms with Gasteiger partial charge in [-0.05, 0) is 49.1 Å². The predicted molar refractivity (Wildman–Crippen MR) is 154 cm³/mol. The Morgan fingerprint density at radius 2 is 1.56 bits per heavy atom. The fraction of sp³-hybridized carbons (Fsp3) is 0.333. The van der Waals surface area contributed by atoms with E-state index in [-0.39, 0.29) is 17.9 Å². The van der Waals surface area contributed by atoms with Crippen LogP contribution < -0.4 is 5.32 Å². The van der Waals surface area contributed by atoms with E-state index in [1.54, 1.807) is 16.7 Å². The van der Waals surface area contributed by atoms with Gasteiger partial charge in [0, 0.05) is 29.2 Å². The number of nitrogens with zero attached hydrogens (tertiary/aromatic N) is 1. The number of carbonyl (C=O) groups is 2. The van der Waals surface area contributed by atoms with Gasteiger partial charge in [0.05, 0.1) is 5.75 Å². The van der Waals surface area contributed by atoms with Crippen molar-refractivity contribution >= 4 is 39.5 Å². The van der Waals surface area contributed by atoms with Crippen molar-refractivity contribution in [2.24, 2.45) is 0 Å². The summed E-state index contributed by atoms with van der Waals surface area (Å²) in [6.45, 7) is 6.49. The van der Waals surface area contributed by atoms with Crippen LogP contribution in [-0.2, 0) is 28.3 Å². The third kappa shape index (κ3) is 8.82. The van der Waals surface area contributed by atoms with Crippen molar-refractivity contribution in [3.05, 3.63) is 106 Å². The Morgan fingerprint density at radius 1 is 0.917 bits per heavy atom. The van der Waals surface area contributed by atoms with Gasteiger partial charge in [0.2, 0.25) is 11.8 Å². The number of rotatable bonds is 12. The van der Waals surface area contributed by atoms with Crippen LogP contribution in [0.1, 0.15) is 42.5 Å². The molecule has 3 rings (SSSR count). The topological polar surface area (TPSA) is 49.4 Å². The number of thioether (sulfide) groups is 1. The van der Waals surface area contributed by atoms with Gasteiger partial charge in [-0.3, -0.25) is 9.59 Å². The molecule has 36 heavy (non-hydrogen) atoms. The summed E-state index contributed by atoms with van der Waals surface area (Å²) in [5.41, 5.74) is 4.43. The van der Waals surface area contributed by atoms with Crippen molar-refractivity contribution in [3.8, 4) is 0 Å². The minimum atomic E-state index is -0.600. The molecule has 0 saturated carbocycles. The zero-order valence-corrected chi connectivity index (χ0v) is 23.6. The summed E-state index contributed by atoms with van der Waals surface area (Å²) in [6.07, 6.45) is 1.30. The average molecular weight is 568 g/mol. The van der Waals surface area contributed by atoms with E-state index in [2.05, 4.69) is 52.4 Å². The monoisotopic (exact) mass is 566 g/mol. The number of carbonyl (C=O) groups excluding carboxylic acids is 2. The first kappa shape index (κ1) is 28.0. The Morgan fingerprint density at radius 3 is 2.19 bits per heavy atom. The molecule has 2 unspecified atom stereocenters. The quantitative estimate of drug-likeness (QED) is 0.270. The third-order valence-electron chi connectivity index (χ3n) is 6.15. The molecule has 0 aliphatic rings. The zero-order chi connectivity index (χ0) is 25.9. The smallest absolute Gasteiger partial charge is 0.243 e. The molecule has 0 spiro atoms. The number of halogens is 1. The largest absolute Gasteiger partial charge is 0.352 e. The highest BCUT2D eigenvalue weighted by molar-refractivity contribution is 9.10. The lowest BCUT2D eigenvalue weighted by atomic mass is 10.0. The molecule has 0 radical (unpaired) electrons. The molecule has 0 heterocycles. The van der Waals surface area contributed by atoms with E-state index in [9.17, 15) is 9.59 Å². The summed E-state index contributed by atoms with van der Waals surface area (Å²) in [5, 5.41) is 3.12. The summed E-state index contributed by atoms with van der Waals surface area (Å²) in [4.78, 5) is 28.9. The molecule has 0 fully saturated rings. The van der Waals surface area contributed by atoms with Crippen molar-refractivity contribution in [2.75, 3.05) is 5.75 Å². The Hall–Kier alpha value is -2.57. The Bertz CT molecular complexity index is 1100. The first-order chi connectivity index (χ1) is 17.4. The normalized spacial score (nSPS) is 12.6. The summed E-state index contributed by atoms with van der Waals surface area (Å²) in [7, 11) is 0. The molecule has 6 heteroatoms. The molecule has 3 aromatic carbocycles. The lowest BCUT2D eigenvalue weighted by Gasteiger charge is -2.32. The predicted octanol–water partition coefficient (Wildman–Crippen LogP) is 6.55. The van der Waals surface area contributed by atoms with Crippen LogP contribution in [-0.4, -0.2) is 34.6 Å². The molecule has 0 bridgehead atoms. The maximum absolute atomic E-state index is 13.7. The molecule has 0 saturated heterocycles. The third-order valence-corrected chi connectivity index (χ3v) is 7.67. The van der Waals surface area contributed by atoms with Gasteiger partial charge in [0.15, 0.2) is 0 Å². The highest BCUT2D eigenvalue weighted by atomic mass is 79.9. The van der Waals surface area contributed by atoms with E-state index >= 15 is 0 Å². The van der Waals surface area contributed by atoms with Crippen LogP contribution in [0.4, 0.5) is 0 Å². The summed E-state index contributed by atoms with van der Waals surface area (Å²) in [6, 6.07) is 25.7. The fourth-order valence-electron chi connectivity index (χ4n) is 3.80. The van der Waals surface area contributed by atoms with Crippen LogP contribution in [0.15, 0.2) is 83.3 Å². The molecule has 190 valence electrons. The maximum Gasteiger partial charge on any atom is 0.243 e. The first-order valence-corrected chi connectivity index (χ1v) is 14.3. The van der Waals surface area contributed by atoms with E-state index < -0.39 is 6.04 Å². The fourth-order valence-corrected chi connectivity index (χ4v) is 4.94. The second-order valence-corrected chi connectivity index (χ2v) is 11.1. The Kier molecular flexibility index (Phi) is 11.1. The molecular weight excluding hydrogens is 532 g/mol. The number of aryl methyl sites for hydroxylation is 1. The van der Waals surface area contributed by atoms with Crippen molar-refractivity contribution < 1.29 is 9.59 Å². The van der Waals surface area contributed by atoms with E-state index in [1.165, 1.54) is 11.1 Å². The van der Waals surface area contributed by atoms with Gasteiger partial charge >= 0.3 is 0 Å². The van der Waals surface area contributed by atoms with Crippen LogP contribution in [0.5, 0.6) is 0 Å². The highest BCUT2D eigenvalue weighted by Gasteiger charge is 2.30. The lowest BCUT2D eigenvalue weighted by Crippen LogP contribution is -2.52. The number of amides is 2. The Balaban J connectivity index is 1.84. The molecule has 3 aromatic rings. The zero-order valence-electron chi connectivity index (χ0n) is 21.2. The molecular formula is C30H35BrN2O2S. The van der Waals surface area contributed by atoms with Gasteiger partial charge in [-0.25, -0.2) is 0 Å². The molecule has 0 aliphatic heterocycles. The minimum absolute atomic E-state index is 0.0322. The van der Waals surface area contributed by atoms with E-state index in [0.29, 0.717) is 18.7 Å². The second-order valence-electron chi connectivity index (χ2n) is 9.15. The van der Waals surface area contributed by atoms with Crippen LogP contribution in [0, 0.1) is 6.92 Å². The lowest BCUT2D eigenvalue weighted by molar-refractivity contribution is -0.139. The molecule has 4 nitrogen and oxygen atoms in total. The molecule has 1 N–H and O–H groups in total. The maximum atomic E-state index is 13.7. The van der Waals surface area contributed by atoms with Gasteiger partial charge < -0.3 is 10.2 Å². The van der Waals surface area contributed by atoms with Gasteiger partial charge in [0.25, 0.3) is 0 Å². The second kappa shape index (κ2) is 14.2. The summed E-state index contributed by atoms with van der Waals surface area (Å²) >= 11 is 5.07. The summed E-state index contributed by atoms with van der Waals surface area (Å²) in [5.74, 6) is 0.921. The number of hydrogen-bond acceptors (Lipinski definition) is 3. The van der Waals surface area contributed by atoms with Crippen molar-refractivity contribution in [3.63, 3.8) is 0 Å². The van der Waals surface area contributed by atoms with E-state index in [0.717, 1.165) is 27.8 Å². The van der Waals surface area contributed by atoms with Crippen molar-refractivity contribution in [1.82, 2.24) is 10.2 Å². The SMILES string of the molecule is CCC(C)NC(=O)C(Cc1ccccc1)N(Cc1ccc(Br)cc1)C(=O)CSCc1ccc(C)cc1. The highest BCUT2D eigenvalue weighted by Crippen LogP contribution is 2.20. The van der Waals surface area contributed by atoms with Gasteiger partial charge in [0.1, 0.15) is 6.04 Å². The number of nitrogens with one attached hydrogen (secondary N) is 1.